The minimum absolute atomic E-state index is 0.0155. The maximum absolute atomic E-state index is 6.29. The Bertz CT molecular complexity index is 1220. The Morgan fingerprint density at radius 2 is 0.887 bits per heavy atom. The molecule has 0 aliphatic heterocycles. The Morgan fingerprint density at radius 1 is 0.472 bits per heavy atom. The molecule has 0 atom stereocenters. The first kappa shape index (κ1) is 45.6. The molecular formula is C49H75BrO2P+. The molecule has 0 unspecified atom stereocenters. The van der Waals surface area contributed by atoms with Crippen molar-refractivity contribution in [2.45, 2.75) is 174 Å². The zero-order valence-electron chi connectivity index (χ0n) is 33.8. The average molecular weight is 807 g/mol. The highest BCUT2D eigenvalue weighted by Crippen LogP contribution is 2.62. The number of ether oxygens (including phenoxy) is 2. The lowest BCUT2D eigenvalue weighted by Crippen LogP contribution is -2.26. The smallest absolute Gasteiger partial charge is 0.181 e. The zero-order valence-corrected chi connectivity index (χ0v) is 36.3. The molecule has 294 valence electrons. The van der Waals surface area contributed by atoms with Gasteiger partial charge < -0.3 is 9.47 Å². The van der Waals surface area contributed by atoms with E-state index in [1.54, 1.807) is 0 Å². The normalized spacial score (nSPS) is 12.0. The predicted octanol–water partition coefficient (Wildman–Crippen LogP) is 14.8. The van der Waals surface area contributed by atoms with E-state index in [0.29, 0.717) is 0 Å². The molecule has 0 spiro atoms. The molecule has 0 radical (unpaired) electrons. The third-order valence-corrected chi connectivity index (χ3v) is 17.1. The lowest BCUT2D eigenvalue weighted by atomic mass is 10.1. The Labute approximate surface area is 335 Å². The number of halogens is 1. The summed E-state index contributed by atoms with van der Waals surface area (Å²) in [7, 11) is 0. The van der Waals surface area contributed by atoms with E-state index < -0.39 is 5.96 Å². The standard InChI is InChI=1S/C49H75BrO2P/c1-3-5-7-9-11-17-21-31-43-51-49(52-44-32-22-18-12-10-8-6-4-2)38-30-20-16-14-13-15-19-25-33-45-39-41-48(42-40-45)53(50,46-34-26-23-27-35-46)47-36-28-24-29-37-47/h13,15,23-24,26-29,34-37,39-42,49H,3-12,14,16-22,25,30-33,38,43-44H2,1-2H3/q+1/b15-13-. The van der Waals surface area contributed by atoms with Crippen LogP contribution in [0.3, 0.4) is 0 Å². The van der Waals surface area contributed by atoms with E-state index in [-0.39, 0.29) is 6.29 Å². The number of hydrogen-bond donors (Lipinski definition) is 0. The van der Waals surface area contributed by atoms with Crippen LogP contribution in [0.5, 0.6) is 0 Å². The highest BCUT2D eigenvalue weighted by molar-refractivity contribution is 9.44. The van der Waals surface area contributed by atoms with Gasteiger partial charge in [-0.25, -0.2) is 0 Å². The number of rotatable bonds is 33. The van der Waals surface area contributed by atoms with Crippen molar-refractivity contribution in [3.8, 4) is 0 Å². The fourth-order valence-electron chi connectivity index (χ4n) is 7.11. The maximum Gasteiger partial charge on any atom is 0.181 e. The van der Waals surface area contributed by atoms with Gasteiger partial charge in [0.2, 0.25) is 0 Å². The van der Waals surface area contributed by atoms with E-state index in [2.05, 4.69) is 126 Å². The second-order valence-electron chi connectivity index (χ2n) is 15.0. The molecule has 0 saturated heterocycles. The van der Waals surface area contributed by atoms with Gasteiger partial charge in [-0.1, -0.05) is 171 Å². The Balaban J connectivity index is 1.30. The van der Waals surface area contributed by atoms with Crippen LogP contribution in [0.1, 0.15) is 167 Å². The van der Waals surface area contributed by atoms with Crippen LogP contribution in [-0.4, -0.2) is 19.5 Å². The van der Waals surface area contributed by atoms with E-state index in [4.69, 9.17) is 9.47 Å². The maximum atomic E-state index is 6.29. The van der Waals surface area contributed by atoms with Crippen LogP contribution in [0.4, 0.5) is 0 Å². The first-order valence-corrected chi connectivity index (χ1v) is 25.7. The summed E-state index contributed by atoms with van der Waals surface area (Å²) in [4.78, 5) is 0. The molecule has 0 N–H and O–H groups in total. The number of benzene rings is 3. The highest BCUT2D eigenvalue weighted by Gasteiger charge is 2.43. The largest absolute Gasteiger partial charge is 0.353 e. The van der Waals surface area contributed by atoms with Crippen LogP contribution in [-0.2, 0) is 15.9 Å². The topological polar surface area (TPSA) is 18.5 Å². The third-order valence-electron chi connectivity index (χ3n) is 10.4. The van der Waals surface area contributed by atoms with Gasteiger partial charge in [0.15, 0.2) is 27.7 Å². The van der Waals surface area contributed by atoms with Crippen LogP contribution in [0, 0.1) is 0 Å². The van der Waals surface area contributed by atoms with Crippen LogP contribution in [0.15, 0.2) is 97.1 Å². The summed E-state index contributed by atoms with van der Waals surface area (Å²) < 4.78 is 12.6. The van der Waals surface area contributed by atoms with Crippen molar-refractivity contribution in [3.05, 3.63) is 103 Å². The first-order chi connectivity index (χ1) is 26.2. The second kappa shape index (κ2) is 30.4. The van der Waals surface area contributed by atoms with Gasteiger partial charge in [0, 0.05) is 13.2 Å². The molecule has 0 bridgehead atoms. The Kier molecular flexibility index (Phi) is 26.2. The van der Waals surface area contributed by atoms with E-state index in [1.165, 1.54) is 156 Å². The molecule has 3 aromatic rings. The summed E-state index contributed by atoms with van der Waals surface area (Å²) >= 11 is 4.28. The van der Waals surface area contributed by atoms with Crippen LogP contribution in [0.25, 0.3) is 0 Å². The molecule has 0 saturated carbocycles. The SMILES string of the molecule is CCCCCCCCCCOC(CCCCC/C=C\CCCc1ccc([P+](Br)(c2ccccc2)c2ccccc2)cc1)OCCCCCCCCCC. The average Bonchev–Trinajstić information content (AvgIpc) is 3.20. The summed E-state index contributed by atoms with van der Waals surface area (Å²) in [6.45, 7) is 6.28. The number of allylic oxidation sites excluding steroid dienone is 2. The van der Waals surface area contributed by atoms with Crippen molar-refractivity contribution in [1.29, 1.82) is 0 Å². The van der Waals surface area contributed by atoms with Crippen molar-refractivity contribution in [2.75, 3.05) is 13.2 Å². The van der Waals surface area contributed by atoms with E-state index in [0.717, 1.165) is 32.5 Å². The molecule has 4 heteroatoms. The minimum atomic E-state index is -1.84. The van der Waals surface area contributed by atoms with E-state index >= 15 is 0 Å². The van der Waals surface area contributed by atoms with Gasteiger partial charge >= 0.3 is 0 Å². The zero-order chi connectivity index (χ0) is 37.5. The molecular weight excluding hydrogens is 731 g/mol. The van der Waals surface area contributed by atoms with Crippen molar-refractivity contribution in [3.63, 3.8) is 0 Å². The van der Waals surface area contributed by atoms with Gasteiger partial charge in [-0.05, 0) is 99.7 Å². The van der Waals surface area contributed by atoms with Gasteiger partial charge in [-0.15, -0.1) is 0 Å². The van der Waals surface area contributed by atoms with Crippen molar-refractivity contribution >= 4 is 37.4 Å². The van der Waals surface area contributed by atoms with Gasteiger partial charge in [0.1, 0.15) is 15.9 Å². The Morgan fingerprint density at radius 3 is 1.38 bits per heavy atom. The van der Waals surface area contributed by atoms with Crippen molar-refractivity contribution in [1.82, 2.24) is 0 Å². The quantitative estimate of drug-likeness (QED) is 0.0264. The molecule has 3 aromatic carbocycles. The van der Waals surface area contributed by atoms with E-state index in [9.17, 15) is 0 Å². The third kappa shape index (κ3) is 19.6. The molecule has 0 aliphatic rings. The molecule has 0 aliphatic carbocycles. The predicted molar refractivity (Wildman–Crippen MR) is 240 cm³/mol. The van der Waals surface area contributed by atoms with Gasteiger partial charge in [0.05, 0.1) is 0 Å². The van der Waals surface area contributed by atoms with Gasteiger partial charge in [-0.3, -0.25) is 0 Å². The minimum Gasteiger partial charge on any atom is -0.353 e. The number of aryl methyl sites for hydroxylation is 1. The van der Waals surface area contributed by atoms with Crippen LogP contribution in [0.2, 0.25) is 0 Å². The fourth-order valence-corrected chi connectivity index (χ4v) is 11.9. The summed E-state index contributed by atoms with van der Waals surface area (Å²) in [6, 6.07) is 31.2. The molecule has 2 nitrogen and oxygen atoms in total. The number of hydrogen-bond acceptors (Lipinski definition) is 2. The molecule has 53 heavy (non-hydrogen) atoms. The monoisotopic (exact) mass is 805 g/mol. The van der Waals surface area contributed by atoms with E-state index in [1.807, 2.05) is 0 Å². The summed E-state index contributed by atoms with van der Waals surface area (Å²) in [5.74, 6) is -1.84. The van der Waals surface area contributed by atoms with Gasteiger partial charge in [-0.2, -0.15) is 0 Å². The fraction of sp³-hybridized carbons (Fsp3) is 0.592. The van der Waals surface area contributed by atoms with Gasteiger partial charge in [0.25, 0.3) is 0 Å². The molecule has 0 heterocycles. The highest BCUT2D eigenvalue weighted by atomic mass is 79.9. The van der Waals surface area contributed by atoms with Crippen LogP contribution >= 0.6 is 21.5 Å². The number of unbranched alkanes of at least 4 members (excludes halogenated alkanes) is 18. The first-order valence-electron chi connectivity index (χ1n) is 21.9. The van der Waals surface area contributed by atoms with Crippen molar-refractivity contribution < 1.29 is 9.47 Å². The lowest BCUT2D eigenvalue weighted by molar-refractivity contribution is -0.148. The molecule has 0 amide bonds. The molecule has 0 aromatic heterocycles. The summed E-state index contributed by atoms with van der Waals surface area (Å²) in [6.07, 6.45) is 35.5. The molecule has 3 rings (SSSR count). The Hall–Kier alpha value is -1.77. The lowest BCUT2D eigenvalue weighted by Gasteiger charge is -2.20. The summed E-state index contributed by atoms with van der Waals surface area (Å²) in [5.41, 5.74) is 1.42. The van der Waals surface area contributed by atoms with Crippen molar-refractivity contribution in [2.24, 2.45) is 0 Å². The molecule has 0 fully saturated rings. The second-order valence-corrected chi connectivity index (χ2v) is 21.0. The summed E-state index contributed by atoms with van der Waals surface area (Å²) in [5, 5.41) is 4.08. The van der Waals surface area contributed by atoms with Crippen LogP contribution < -0.4 is 15.9 Å².